The quantitative estimate of drug-likeness (QED) is 0.723. The molecule has 0 aliphatic rings. The first kappa shape index (κ1) is 16.7. The van der Waals surface area contributed by atoms with Crippen molar-refractivity contribution in [1.29, 1.82) is 0 Å². The molecule has 0 fully saturated rings. The number of hydrogen-bond donors (Lipinski definition) is 2. The zero-order chi connectivity index (χ0) is 14.8. The average molecular weight is 277 g/mol. The fraction of sp³-hybridized carbons (Fsp3) is 0.562. The molecule has 20 heavy (non-hydrogen) atoms. The maximum Gasteiger partial charge on any atom is 0.234 e. The van der Waals surface area contributed by atoms with Crippen LogP contribution in [0.3, 0.4) is 0 Å². The Kier molecular flexibility index (Phi) is 7.92. The molecule has 0 aromatic heterocycles. The monoisotopic (exact) mass is 277 g/mol. The predicted molar refractivity (Wildman–Crippen MR) is 83.3 cm³/mol. The molecule has 3 N–H and O–H groups in total. The molecule has 0 radical (unpaired) electrons. The molecule has 112 valence electrons. The van der Waals surface area contributed by atoms with E-state index < -0.39 is 0 Å². The normalized spacial score (nSPS) is 11.1. The summed E-state index contributed by atoms with van der Waals surface area (Å²) in [4.78, 5) is 14.2. The number of carbonyl (C=O) groups is 1. The summed E-state index contributed by atoms with van der Waals surface area (Å²) in [7, 11) is 0. The lowest BCUT2D eigenvalue weighted by Crippen LogP contribution is -2.44. The number of benzene rings is 1. The van der Waals surface area contributed by atoms with Crippen LogP contribution in [-0.2, 0) is 11.3 Å². The molecular formula is C16H27N3O. The molecule has 0 atom stereocenters. The van der Waals surface area contributed by atoms with Crippen molar-refractivity contribution in [2.75, 3.05) is 19.6 Å². The summed E-state index contributed by atoms with van der Waals surface area (Å²) in [6, 6.07) is 10.4. The number of nitrogens with one attached hydrogen (secondary N) is 1. The second-order valence-corrected chi connectivity index (χ2v) is 4.99. The van der Waals surface area contributed by atoms with Gasteiger partial charge in [-0.15, -0.1) is 0 Å². The second kappa shape index (κ2) is 9.50. The van der Waals surface area contributed by atoms with E-state index in [1.165, 1.54) is 0 Å². The molecule has 4 heteroatoms. The minimum atomic E-state index is 0.0641. The Labute approximate surface area is 122 Å². The summed E-state index contributed by atoms with van der Waals surface area (Å²) in [6.45, 7) is 6.67. The van der Waals surface area contributed by atoms with Crippen molar-refractivity contribution < 1.29 is 4.79 Å². The molecule has 0 aliphatic carbocycles. The van der Waals surface area contributed by atoms with E-state index in [-0.39, 0.29) is 5.91 Å². The van der Waals surface area contributed by atoms with E-state index in [1.54, 1.807) is 0 Å². The molecule has 0 saturated carbocycles. The van der Waals surface area contributed by atoms with Crippen LogP contribution in [0.1, 0.15) is 32.3 Å². The first-order chi connectivity index (χ1) is 9.71. The molecule has 0 spiro atoms. The summed E-state index contributed by atoms with van der Waals surface area (Å²) in [5.41, 5.74) is 6.76. The van der Waals surface area contributed by atoms with E-state index in [2.05, 4.69) is 24.1 Å². The number of rotatable bonds is 9. The van der Waals surface area contributed by atoms with Gasteiger partial charge in [-0.25, -0.2) is 0 Å². The number of carbonyl (C=O) groups excluding carboxylic acids is 1. The molecule has 1 aromatic rings. The predicted octanol–water partition coefficient (Wildman–Crippen LogP) is 1.75. The molecule has 1 rings (SSSR count). The molecule has 0 aliphatic heterocycles. The largest absolute Gasteiger partial charge is 0.351 e. The van der Waals surface area contributed by atoms with Crippen molar-refractivity contribution in [3.63, 3.8) is 0 Å². The van der Waals surface area contributed by atoms with Gasteiger partial charge in [-0.2, -0.15) is 0 Å². The van der Waals surface area contributed by atoms with Crippen LogP contribution in [0.25, 0.3) is 0 Å². The minimum absolute atomic E-state index is 0.0641. The van der Waals surface area contributed by atoms with Gasteiger partial charge in [-0.05, 0) is 18.4 Å². The molecule has 4 nitrogen and oxygen atoms in total. The van der Waals surface area contributed by atoms with Crippen LogP contribution >= 0.6 is 0 Å². The van der Waals surface area contributed by atoms with Gasteiger partial charge >= 0.3 is 0 Å². The van der Waals surface area contributed by atoms with Crippen LogP contribution in [0, 0.1) is 0 Å². The molecule has 1 aromatic carbocycles. The summed E-state index contributed by atoms with van der Waals surface area (Å²) in [5.74, 6) is 0.0641. The first-order valence-corrected chi connectivity index (χ1v) is 7.46. The van der Waals surface area contributed by atoms with E-state index in [0.717, 1.165) is 24.9 Å². The summed E-state index contributed by atoms with van der Waals surface area (Å²) < 4.78 is 0. The number of nitrogens with two attached hydrogens (primary N) is 1. The first-order valence-electron chi connectivity index (χ1n) is 7.46. The maximum atomic E-state index is 12.0. The van der Waals surface area contributed by atoms with Gasteiger partial charge < -0.3 is 11.1 Å². The van der Waals surface area contributed by atoms with Crippen molar-refractivity contribution >= 4 is 5.91 Å². The highest BCUT2D eigenvalue weighted by molar-refractivity contribution is 5.78. The van der Waals surface area contributed by atoms with E-state index in [4.69, 9.17) is 5.73 Å². The third-order valence-corrected chi connectivity index (χ3v) is 3.55. The van der Waals surface area contributed by atoms with Crippen molar-refractivity contribution in [3.05, 3.63) is 35.9 Å². The lowest BCUT2D eigenvalue weighted by Gasteiger charge is -2.29. The summed E-state index contributed by atoms with van der Waals surface area (Å²) in [5, 5.41) is 2.97. The van der Waals surface area contributed by atoms with Crippen molar-refractivity contribution in [1.82, 2.24) is 10.2 Å². The van der Waals surface area contributed by atoms with Crippen LogP contribution in [0.2, 0.25) is 0 Å². The third kappa shape index (κ3) is 5.72. The van der Waals surface area contributed by atoms with Gasteiger partial charge in [0.05, 0.1) is 6.54 Å². The Bertz CT molecular complexity index is 377. The lowest BCUT2D eigenvalue weighted by atomic mass is 10.1. The van der Waals surface area contributed by atoms with Gasteiger partial charge in [0.2, 0.25) is 5.91 Å². The van der Waals surface area contributed by atoms with Crippen molar-refractivity contribution in [2.24, 2.45) is 5.73 Å². The Morgan fingerprint density at radius 3 is 2.45 bits per heavy atom. The van der Waals surface area contributed by atoms with E-state index in [1.807, 2.05) is 30.3 Å². The fourth-order valence-corrected chi connectivity index (χ4v) is 2.40. The van der Waals surface area contributed by atoms with Crippen LogP contribution in [0.15, 0.2) is 30.3 Å². The average Bonchev–Trinajstić information content (AvgIpc) is 2.47. The molecule has 0 unspecified atom stereocenters. The highest BCUT2D eigenvalue weighted by atomic mass is 16.2. The standard InChI is InChI=1S/C16H27N3O/c1-3-15(4-2)19(11-10-17)13-16(20)18-12-14-8-6-5-7-9-14/h5-9,15H,3-4,10-13,17H2,1-2H3,(H,18,20). The SMILES string of the molecule is CCC(CC)N(CCN)CC(=O)NCc1ccccc1. The van der Waals surface area contributed by atoms with Crippen molar-refractivity contribution in [2.45, 2.75) is 39.3 Å². The molecule has 0 heterocycles. The second-order valence-electron chi connectivity index (χ2n) is 4.99. The van der Waals surface area contributed by atoms with Crippen LogP contribution in [-0.4, -0.2) is 36.5 Å². The van der Waals surface area contributed by atoms with Gasteiger partial charge in [0.1, 0.15) is 0 Å². The Morgan fingerprint density at radius 1 is 1.25 bits per heavy atom. The summed E-state index contributed by atoms with van der Waals surface area (Å²) >= 11 is 0. The molecular weight excluding hydrogens is 250 g/mol. The van der Waals surface area contributed by atoms with E-state index in [0.29, 0.717) is 25.7 Å². The minimum Gasteiger partial charge on any atom is -0.351 e. The highest BCUT2D eigenvalue weighted by Gasteiger charge is 2.17. The van der Waals surface area contributed by atoms with Gasteiger partial charge in [0.15, 0.2) is 0 Å². The molecule has 0 saturated heterocycles. The topological polar surface area (TPSA) is 58.4 Å². The van der Waals surface area contributed by atoms with Gasteiger partial charge in [-0.1, -0.05) is 44.2 Å². The summed E-state index contributed by atoms with van der Waals surface area (Å²) in [6.07, 6.45) is 2.09. The zero-order valence-corrected chi connectivity index (χ0v) is 12.6. The number of amides is 1. The van der Waals surface area contributed by atoms with Crippen LogP contribution in [0.4, 0.5) is 0 Å². The van der Waals surface area contributed by atoms with Crippen molar-refractivity contribution in [3.8, 4) is 0 Å². The van der Waals surface area contributed by atoms with Gasteiger partial charge in [0.25, 0.3) is 0 Å². The van der Waals surface area contributed by atoms with Gasteiger partial charge in [0, 0.05) is 25.7 Å². The Balaban J connectivity index is 2.45. The smallest absolute Gasteiger partial charge is 0.234 e. The van der Waals surface area contributed by atoms with E-state index in [9.17, 15) is 4.79 Å². The van der Waals surface area contributed by atoms with Gasteiger partial charge in [-0.3, -0.25) is 9.69 Å². The Morgan fingerprint density at radius 2 is 1.90 bits per heavy atom. The Hall–Kier alpha value is -1.39. The lowest BCUT2D eigenvalue weighted by molar-refractivity contribution is -0.123. The highest BCUT2D eigenvalue weighted by Crippen LogP contribution is 2.07. The zero-order valence-electron chi connectivity index (χ0n) is 12.6. The third-order valence-electron chi connectivity index (χ3n) is 3.55. The fourth-order valence-electron chi connectivity index (χ4n) is 2.40. The van der Waals surface area contributed by atoms with E-state index >= 15 is 0 Å². The maximum absolute atomic E-state index is 12.0. The number of nitrogens with zero attached hydrogens (tertiary/aromatic N) is 1. The molecule has 1 amide bonds. The van der Waals surface area contributed by atoms with Crippen LogP contribution < -0.4 is 11.1 Å². The molecule has 0 bridgehead atoms. The number of hydrogen-bond acceptors (Lipinski definition) is 3. The van der Waals surface area contributed by atoms with Crippen LogP contribution in [0.5, 0.6) is 0 Å².